The number of hydrogen-bond acceptors (Lipinski definition) is 8. The van der Waals surface area contributed by atoms with Crippen LogP contribution in [0.4, 0.5) is 5.69 Å². The molecule has 39 heavy (non-hydrogen) atoms. The van der Waals surface area contributed by atoms with Crippen LogP contribution in [0.1, 0.15) is 64.0 Å². The molecule has 0 radical (unpaired) electrons. The second-order valence-electron chi connectivity index (χ2n) is 10.6. The molecule has 4 rings (SSSR count). The third kappa shape index (κ3) is 6.22. The van der Waals surface area contributed by atoms with E-state index in [1.165, 1.54) is 6.92 Å². The molecule has 208 valence electrons. The Bertz CT molecular complexity index is 1180. The number of nitrogens with one attached hydrogen (secondary N) is 1. The number of ether oxygens (including phenoxy) is 2. The average molecular weight is 535 g/mol. The summed E-state index contributed by atoms with van der Waals surface area (Å²) in [5.41, 5.74) is 1.08. The maximum Gasteiger partial charge on any atom is 0.375 e. The van der Waals surface area contributed by atoms with Gasteiger partial charge in [-0.25, -0.2) is 9.59 Å². The summed E-state index contributed by atoms with van der Waals surface area (Å²) in [6.07, 6.45) is 2.86. The smallest absolute Gasteiger partial charge is 0.375 e. The molecule has 1 atom stereocenters. The summed E-state index contributed by atoms with van der Waals surface area (Å²) in [6.45, 7) is 7.51. The van der Waals surface area contributed by atoms with E-state index in [4.69, 9.17) is 9.47 Å². The van der Waals surface area contributed by atoms with Crippen molar-refractivity contribution in [1.29, 1.82) is 0 Å². The van der Waals surface area contributed by atoms with Gasteiger partial charge in [0.05, 0.1) is 0 Å². The molecule has 2 aromatic carbocycles. The Morgan fingerprint density at radius 2 is 1.36 bits per heavy atom. The topological polar surface area (TPSA) is 102 Å². The van der Waals surface area contributed by atoms with Gasteiger partial charge in [-0.1, -0.05) is 56.3 Å². The highest BCUT2D eigenvalue weighted by molar-refractivity contribution is 6.34. The Labute approximate surface area is 230 Å². The van der Waals surface area contributed by atoms with Gasteiger partial charge in [0, 0.05) is 57.3 Å². The number of ketones is 2. The summed E-state index contributed by atoms with van der Waals surface area (Å²) in [5.74, 6) is -3.04. The zero-order valence-electron chi connectivity index (χ0n) is 23.0. The molecule has 0 saturated carbocycles. The Kier molecular flexibility index (Phi) is 8.85. The number of benzene rings is 2. The maximum atomic E-state index is 12.8. The normalized spacial score (nSPS) is 19.0. The predicted molar refractivity (Wildman–Crippen MR) is 147 cm³/mol. The molecule has 0 aromatic heterocycles. The van der Waals surface area contributed by atoms with Crippen molar-refractivity contribution in [3.63, 3.8) is 0 Å². The molecule has 2 aromatic rings. The van der Waals surface area contributed by atoms with Gasteiger partial charge in [0.1, 0.15) is 11.2 Å². The first kappa shape index (κ1) is 28.5. The molecule has 0 amide bonds. The third-order valence-electron chi connectivity index (χ3n) is 8.17. The van der Waals surface area contributed by atoms with Crippen molar-refractivity contribution in [3.8, 4) is 0 Å². The van der Waals surface area contributed by atoms with Gasteiger partial charge in [-0.2, -0.15) is 0 Å². The minimum absolute atomic E-state index is 0.373. The molecule has 2 aliphatic rings. The Hall–Kier alpha value is -3.52. The zero-order chi connectivity index (χ0) is 28.0. The van der Waals surface area contributed by atoms with Gasteiger partial charge in [0.2, 0.25) is 11.6 Å². The van der Waals surface area contributed by atoms with E-state index in [1.807, 2.05) is 61.5 Å². The summed E-state index contributed by atoms with van der Waals surface area (Å²) < 4.78 is 11.8. The standard InChI is InChI=1S/C31H38N2O6/c1-4-22(2)27(35)29(37)39-31(24-8-6-5-7-9-24)16-20-33(21-17-31)26-12-10-25(11-13-26)30(14-18-32-19-15-30)38-28(36)23(3)34/h5-13,22,32H,4,14-21H2,1-3H3. The van der Waals surface area contributed by atoms with E-state index in [1.54, 1.807) is 6.92 Å². The van der Waals surface area contributed by atoms with Crippen LogP contribution >= 0.6 is 0 Å². The first-order valence-electron chi connectivity index (χ1n) is 13.8. The SMILES string of the molecule is CCC(C)C(=O)C(=O)OC1(c2ccccc2)CCN(c2ccc(C3(OC(=O)C(C)=O)CCNCC3)cc2)CC1. The van der Waals surface area contributed by atoms with Gasteiger partial charge in [-0.15, -0.1) is 0 Å². The molecule has 0 bridgehead atoms. The van der Waals surface area contributed by atoms with Gasteiger partial charge in [0.25, 0.3) is 0 Å². The lowest BCUT2D eigenvalue weighted by Crippen LogP contribution is -2.46. The highest BCUT2D eigenvalue weighted by Crippen LogP contribution is 2.40. The highest BCUT2D eigenvalue weighted by atomic mass is 16.6. The lowest BCUT2D eigenvalue weighted by Gasteiger charge is -2.42. The fourth-order valence-electron chi connectivity index (χ4n) is 5.44. The molecule has 1 unspecified atom stereocenters. The van der Waals surface area contributed by atoms with Crippen molar-refractivity contribution in [3.05, 3.63) is 65.7 Å². The van der Waals surface area contributed by atoms with Gasteiger partial charge >= 0.3 is 11.9 Å². The first-order valence-corrected chi connectivity index (χ1v) is 13.8. The van der Waals surface area contributed by atoms with E-state index in [-0.39, 0.29) is 5.92 Å². The van der Waals surface area contributed by atoms with Crippen molar-refractivity contribution in [1.82, 2.24) is 5.32 Å². The Morgan fingerprint density at radius 1 is 0.821 bits per heavy atom. The molecule has 8 nitrogen and oxygen atoms in total. The lowest BCUT2D eigenvalue weighted by atomic mass is 9.83. The van der Waals surface area contributed by atoms with E-state index in [2.05, 4.69) is 10.2 Å². The van der Waals surface area contributed by atoms with Crippen LogP contribution in [0.2, 0.25) is 0 Å². The number of anilines is 1. The number of piperidine rings is 2. The number of carbonyl (C=O) groups is 4. The van der Waals surface area contributed by atoms with E-state index in [0.717, 1.165) is 16.8 Å². The largest absolute Gasteiger partial charge is 0.448 e. The van der Waals surface area contributed by atoms with E-state index in [0.29, 0.717) is 58.3 Å². The van der Waals surface area contributed by atoms with Crippen molar-refractivity contribution in [2.75, 3.05) is 31.1 Å². The molecular weight excluding hydrogens is 496 g/mol. The monoisotopic (exact) mass is 534 g/mol. The Morgan fingerprint density at radius 3 is 1.92 bits per heavy atom. The molecule has 8 heteroatoms. The molecule has 2 saturated heterocycles. The first-order chi connectivity index (χ1) is 18.7. The second-order valence-corrected chi connectivity index (χ2v) is 10.6. The van der Waals surface area contributed by atoms with Crippen LogP contribution in [0.5, 0.6) is 0 Å². The lowest BCUT2D eigenvalue weighted by molar-refractivity contribution is -0.170. The number of Topliss-reactive ketones (excluding diaryl/α,β-unsaturated/α-hetero) is 2. The van der Waals surface area contributed by atoms with E-state index in [9.17, 15) is 19.2 Å². The molecule has 0 spiro atoms. The minimum Gasteiger partial charge on any atom is -0.448 e. The average Bonchev–Trinajstić information content (AvgIpc) is 2.97. The summed E-state index contributed by atoms with van der Waals surface area (Å²) in [4.78, 5) is 51.4. The zero-order valence-corrected chi connectivity index (χ0v) is 23.0. The van der Waals surface area contributed by atoms with Gasteiger partial charge < -0.3 is 19.7 Å². The summed E-state index contributed by atoms with van der Waals surface area (Å²) in [6, 6.07) is 17.6. The van der Waals surface area contributed by atoms with Crippen molar-refractivity contribution in [2.24, 2.45) is 5.92 Å². The number of rotatable bonds is 9. The van der Waals surface area contributed by atoms with Crippen LogP contribution in [0.15, 0.2) is 54.6 Å². The third-order valence-corrected chi connectivity index (χ3v) is 8.17. The van der Waals surface area contributed by atoms with Crippen LogP contribution in [0.25, 0.3) is 0 Å². The van der Waals surface area contributed by atoms with Crippen LogP contribution in [-0.2, 0) is 39.9 Å². The Balaban J connectivity index is 1.51. The summed E-state index contributed by atoms with van der Waals surface area (Å²) in [5, 5.41) is 3.28. The number of nitrogens with zero attached hydrogens (tertiary/aromatic N) is 1. The van der Waals surface area contributed by atoms with Crippen molar-refractivity contribution >= 4 is 29.2 Å². The second kappa shape index (κ2) is 12.1. The van der Waals surface area contributed by atoms with Gasteiger partial charge in [-0.05, 0) is 42.8 Å². The number of carbonyl (C=O) groups excluding carboxylic acids is 4. The van der Waals surface area contributed by atoms with Gasteiger partial charge in [-0.3, -0.25) is 9.59 Å². The predicted octanol–water partition coefficient (Wildman–Crippen LogP) is 4.05. The number of hydrogen-bond donors (Lipinski definition) is 1. The number of esters is 2. The van der Waals surface area contributed by atoms with E-state index >= 15 is 0 Å². The molecule has 0 aliphatic carbocycles. The minimum atomic E-state index is -0.863. The van der Waals surface area contributed by atoms with Crippen LogP contribution in [-0.4, -0.2) is 49.7 Å². The van der Waals surface area contributed by atoms with Gasteiger partial charge in [0.15, 0.2) is 0 Å². The fourth-order valence-corrected chi connectivity index (χ4v) is 5.44. The van der Waals surface area contributed by atoms with Crippen molar-refractivity contribution in [2.45, 2.75) is 64.1 Å². The molecular formula is C31H38N2O6. The molecule has 2 aliphatic heterocycles. The van der Waals surface area contributed by atoms with Crippen LogP contribution in [0, 0.1) is 5.92 Å². The maximum absolute atomic E-state index is 12.8. The fraction of sp³-hybridized carbons (Fsp3) is 0.484. The highest BCUT2D eigenvalue weighted by Gasteiger charge is 2.42. The molecule has 2 heterocycles. The van der Waals surface area contributed by atoms with Crippen molar-refractivity contribution < 1.29 is 28.7 Å². The van der Waals surface area contributed by atoms with E-state index < -0.39 is 34.7 Å². The summed E-state index contributed by atoms with van der Waals surface area (Å²) in [7, 11) is 0. The molecule has 1 N–H and O–H groups in total. The van der Waals surface area contributed by atoms with Crippen LogP contribution < -0.4 is 10.2 Å². The van der Waals surface area contributed by atoms with Crippen LogP contribution in [0.3, 0.4) is 0 Å². The molecule has 2 fully saturated rings. The summed E-state index contributed by atoms with van der Waals surface area (Å²) >= 11 is 0. The quantitative estimate of drug-likeness (QED) is 0.380.